The van der Waals surface area contributed by atoms with Gasteiger partial charge in [0.05, 0.1) is 13.1 Å². The normalized spacial score (nSPS) is 10.9. The zero-order valence-electron chi connectivity index (χ0n) is 12.0. The lowest BCUT2D eigenvalue weighted by molar-refractivity contribution is -0.121. The van der Waals surface area contributed by atoms with Crippen LogP contribution in [0.25, 0.3) is 0 Å². The Kier molecular flexibility index (Phi) is 6.30. The summed E-state index contributed by atoms with van der Waals surface area (Å²) in [5.74, 6) is 4.98. The van der Waals surface area contributed by atoms with E-state index in [2.05, 4.69) is 22.1 Å². The summed E-state index contributed by atoms with van der Waals surface area (Å²) >= 11 is 0. The highest BCUT2D eigenvalue weighted by Crippen LogP contribution is 2.14. The molecule has 0 saturated heterocycles. The summed E-state index contributed by atoms with van der Waals surface area (Å²) in [6.45, 7) is 2.12. The van der Waals surface area contributed by atoms with Gasteiger partial charge in [-0.1, -0.05) is 11.8 Å². The van der Waals surface area contributed by atoms with Crippen molar-refractivity contribution in [1.82, 2.24) is 14.6 Å². The number of nitrogens with zero attached hydrogens (tertiary/aromatic N) is 2. The number of nitrogens with two attached hydrogens (primary N) is 1. The minimum Gasteiger partial charge on any atom is -0.355 e. The number of sulfonamides is 1. The lowest BCUT2D eigenvalue weighted by Crippen LogP contribution is -2.38. The minimum atomic E-state index is -3.79. The molecule has 0 saturated carbocycles. The summed E-state index contributed by atoms with van der Waals surface area (Å²) in [5.41, 5.74) is 5.72. The van der Waals surface area contributed by atoms with Crippen molar-refractivity contribution in [3.63, 3.8) is 0 Å². The number of amides is 1. The molecule has 1 aromatic heterocycles. The second-order valence-corrected chi connectivity index (χ2v) is 6.17. The molecule has 3 N–H and O–H groups in total. The summed E-state index contributed by atoms with van der Waals surface area (Å²) in [6, 6.07) is 1.40. The highest BCUT2D eigenvalue weighted by molar-refractivity contribution is 7.89. The van der Waals surface area contributed by atoms with Gasteiger partial charge >= 0.3 is 0 Å². The largest absolute Gasteiger partial charge is 0.355 e. The summed E-state index contributed by atoms with van der Waals surface area (Å²) in [7, 11) is -2.45. The molecule has 114 valence electrons. The van der Waals surface area contributed by atoms with Gasteiger partial charge in [-0.05, 0) is 13.0 Å². The maximum absolute atomic E-state index is 12.3. The topological polar surface area (TPSA) is 105 Å². The summed E-state index contributed by atoms with van der Waals surface area (Å²) in [5, 5.41) is 2.54. The van der Waals surface area contributed by atoms with E-state index in [1.54, 1.807) is 6.92 Å². The summed E-state index contributed by atoms with van der Waals surface area (Å²) in [4.78, 5) is 15.3. The maximum Gasteiger partial charge on any atom is 0.244 e. The smallest absolute Gasteiger partial charge is 0.244 e. The van der Waals surface area contributed by atoms with Gasteiger partial charge in [0, 0.05) is 31.5 Å². The van der Waals surface area contributed by atoms with E-state index in [0.29, 0.717) is 12.1 Å². The second kappa shape index (κ2) is 7.73. The van der Waals surface area contributed by atoms with E-state index in [4.69, 9.17) is 5.73 Å². The Morgan fingerprint density at radius 1 is 1.48 bits per heavy atom. The Balaban J connectivity index is 2.99. The maximum atomic E-state index is 12.3. The predicted molar refractivity (Wildman–Crippen MR) is 78.7 cm³/mol. The Bertz CT molecular complexity index is 661. The van der Waals surface area contributed by atoms with Crippen molar-refractivity contribution >= 4 is 15.9 Å². The zero-order valence-corrected chi connectivity index (χ0v) is 12.8. The first-order chi connectivity index (χ1) is 9.91. The van der Waals surface area contributed by atoms with Crippen LogP contribution in [-0.2, 0) is 14.8 Å². The van der Waals surface area contributed by atoms with E-state index in [1.165, 1.54) is 25.5 Å². The Morgan fingerprint density at radius 2 is 2.19 bits per heavy atom. The quantitative estimate of drug-likeness (QED) is 0.689. The summed E-state index contributed by atoms with van der Waals surface area (Å²) < 4.78 is 25.6. The zero-order chi connectivity index (χ0) is 15.9. The lowest BCUT2D eigenvalue weighted by Gasteiger charge is -2.16. The average Bonchev–Trinajstić information content (AvgIpc) is 2.45. The van der Waals surface area contributed by atoms with Crippen LogP contribution >= 0.6 is 0 Å². The van der Waals surface area contributed by atoms with Crippen LogP contribution in [0.3, 0.4) is 0 Å². The van der Waals surface area contributed by atoms with Gasteiger partial charge in [0.1, 0.15) is 4.90 Å². The first kappa shape index (κ1) is 17.1. The molecule has 0 atom stereocenters. The Hall–Kier alpha value is -1.95. The van der Waals surface area contributed by atoms with Crippen LogP contribution in [-0.4, -0.2) is 50.3 Å². The third kappa shape index (κ3) is 4.82. The number of hydrogen-bond donors (Lipinski definition) is 2. The molecule has 0 aliphatic carbocycles. The third-order valence-electron chi connectivity index (χ3n) is 2.50. The highest BCUT2D eigenvalue weighted by atomic mass is 32.2. The van der Waals surface area contributed by atoms with E-state index in [-0.39, 0.29) is 23.9 Å². The fourth-order valence-electron chi connectivity index (χ4n) is 1.50. The number of carbonyl (C=O) groups is 1. The van der Waals surface area contributed by atoms with Gasteiger partial charge in [-0.2, -0.15) is 4.31 Å². The van der Waals surface area contributed by atoms with Crippen LogP contribution in [0.2, 0.25) is 0 Å². The predicted octanol–water partition coefficient (Wildman–Crippen LogP) is -0.852. The van der Waals surface area contributed by atoms with Crippen molar-refractivity contribution < 1.29 is 13.2 Å². The van der Waals surface area contributed by atoms with Crippen molar-refractivity contribution in [3.8, 4) is 11.8 Å². The van der Waals surface area contributed by atoms with Crippen LogP contribution in [0.5, 0.6) is 0 Å². The first-order valence-electron chi connectivity index (χ1n) is 6.28. The molecule has 7 nitrogen and oxygen atoms in total. The van der Waals surface area contributed by atoms with Crippen molar-refractivity contribution in [2.24, 2.45) is 5.73 Å². The van der Waals surface area contributed by atoms with Crippen LogP contribution < -0.4 is 11.1 Å². The Labute approximate surface area is 124 Å². The molecule has 0 aliphatic rings. The van der Waals surface area contributed by atoms with Gasteiger partial charge in [0.25, 0.3) is 0 Å². The van der Waals surface area contributed by atoms with E-state index in [1.807, 2.05) is 0 Å². The molecule has 0 unspecified atom stereocenters. The van der Waals surface area contributed by atoms with Crippen molar-refractivity contribution in [3.05, 3.63) is 24.0 Å². The van der Waals surface area contributed by atoms with E-state index < -0.39 is 10.0 Å². The van der Waals surface area contributed by atoms with Gasteiger partial charge in [-0.3, -0.25) is 9.78 Å². The first-order valence-corrected chi connectivity index (χ1v) is 7.72. The number of likely N-dealkylation sites (N-methyl/N-ethyl adjacent to an activating group) is 2. The molecule has 0 aliphatic heterocycles. The standard InChI is InChI=1S/C13H18N4O3S/c1-3-16-13(18)10-17(2)21(19,20)12-7-11(5-4-6-14)8-15-9-12/h7-9H,3,6,10,14H2,1-2H3,(H,16,18). The SMILES string of the molecule is CCNC(=O)CN(C)S(=O)(=O)c1cncc(C#CCN)c1. The van der Waals surface area contributed by atoms with Crippen molar-refractivity contribution in [1.29, 1.82) is 0 Å². The van der Waals surface area contributed by atoms with Crippen molar-refractivity contribution in [2.45, 2.75) is 11.8 Å². The molecule has 0 aromatic carbocycles. The van der Waals surface area contributed by atoms with Crippen LogP contribution in [0.4, 0.5) is 0 Å². The third-order valence-corrected chi connectivity index (χ3v) is 4.27. The number of aromatic nitrogens is 1. The molecule has 1 heterocycles. The molecule has 8 heteroatoms. The fraction of sp³-hybridized carbons (Fsp3) is 0.385. The molecule has 0 radical (unpaired) electrons. The van der Waals surface area contributed by atoms with Gasteiger partial charge in [0.15, 0.2) is 0 Å². The monoisotopic (exact) mass is 310 g/mol. The van der Waals surface area contributed by atoms with Crippen molar-refractivity contribution in [2.75, 3.05) is 26.7 Å². The number of pyridine rings is 1. The van der Waals surface area contributed by atoms with Gasteiger partial charge in [0.2, 0.25) is 15.9 Å². The van der Waals surface area contributed by atoms with Crippen LogP contribution in [0.15, 0.2) is 23.4 Å². The van der Waals surface area contributed by atoms with Crippen LogP contribution in [0, 0.1) is 11.8 Å². The van der Waals surface area contributed by atoms with Gasteiger partial charge < -0.3 is 11.1 Å². The lowest BCUT2D eigenvalue weighted by atomic mass is 10.3. The average molecular weight is 310 g/mol. The summed E-state index contributed by atoms with van der Waals surface area (Å²) in [6.07, 6.45) is 2.67. The molecule has 0 spiro atoms. The van der Waals surface area contributed by atoms with E-state index in [0.717, 1.165) is 4.31 Å². The molecule has 21 heavy (non-hydrogen) atoms. The van der Waals surface area contributed by atoms with Gasteiger partial charge in [-0.25, -0.2) is 8.42 Å². The number of carbonyl (C=O) groups excluding carboxylic acids is 1. The number of nitrogens with one attached hydrogen (secondary N) is 1. The van der Waals surface area contributed by atoms with Gasteiger partial charge in [-0.15, -0.1) is 0 Å². The molecule has 1 rings (SSSR count). The number of rotatable bonds is 5. The molecule has 1 amide bonds. The number of hydrogen-bond acceptors (Lipinski definition) is 5. The molecule has 0 fully saturated rings. The fourth-order valence-corrected chi connectivity index (χ4v) is 2.62. The van der Waals surface area contributed by atoms with Crippen LogP contribution in [0.1, 0.15) is 12.5 Å². The molecular formula is C13H18N4O3S. The minimum absolute atomic E-state index is 0.0156. The molecule has 0 bridgehead atoms. The molecular weight excluding hydrogens is 292 g/mol. The molecule has 1 aromatic rings. The second-order valence-electron chi connectivity index (χ2n) is 4.13. The Morgan fingerprint density at radius 3 is 2.81 bits per heavy atom. The van der Waals surface area contributed by atoms with E-state index >= 15 is 0 Å². The highest BCUT2D eigenvalue weighted by Gasteiger charge is 2.23. The van der Waals surface area contributed by atoms with E-state index in [9.17, 15) is 13.2 Å².